The molecule has 0 atom stereocenters. The van der Waals surface area contributed by atoms with Crippen LogP contribution in [0.25, 0.3) is 5.65 Å². The third-order valence-electron chi connectivity index (χ3n) is 4.13. The van der Waals surface area contributed by atoms with Gasteiger partial charge in [-0.25, -0.2) is 14.5 Å². The van der Waals surface area contributed by atoms with Crippen LogP contribution in [0, 0.1) is 13.8 Å². The summed E-state index contributed by atoms with van der Waals surface area (Å²) in [5.74, 6) is -0.268. The highest BCUT2D eigenvalue weighted by Crippen LogP contribution is 2.26. The summed E-state index contributed by atoms with van der Waals surface area (Å²) in [4.78, 5) is 22.6. The number of halogens is 1. The van der Waals surface area contributed by atoms with Crippen LogP contribution in [-0.4, -0.2) is 25.5 Å². The molecule has 27 heavy (non-hydrogen) atoms. The van der Waals surface area contributed by atoms with Crippen LogP contribution in [0.1, 0.15) is 32.1 Å². The molecule has 0 unspecified atom stereocenters. The van der Waals surface area contributed by atoms with Crippen molar-refractivity contribution >= 4 is 44.0 Å². The van der Waals surface area contributed by atoms with Gasteiger partial charge in [0.2, 0.25) is 0 Å². The fourth-order valence-electron chi connectivity index (χ4n) is 2.83. The molecule has 1 N–H and O–H groups in total. The number of carbonyl (C=O) groups excluding carboxylic acids is 1. The molecule has 0 aliphatic rings. The van der Waals surface area contributed by atoms with Gasteiger partial charge in [0.25, 0.3) is 5.91 Å². The maximum Gasteiger partial charge on any atom is 0.262 e. The number of amides is 1. The van der Waals surface area contributed by atoms with Gasteiger partial charge in [-0.15, -0.1) is 11.3 Å². The molecule has 3 aromatic heterocycles. The molecule has 1 amide bonds. The Hall–Kier alpha value is -2.58. The monoisotopic (exact) mass is 441 g/mol. The molecule has 0 aliphatic carbocycles. The molecule has 8 heteroatoms. The molecule has 6 nitrogen and oxygen atoms in total. The lowest BCUT2D eigenvalue weighted by Crippen LogP contribution is -2.11. The molecule has 0 saturated heterocycles. The van der Waals surface area contributed by atoms with E-state index in [0.29, 0.717) is 16.3 Å². The van der Waals surface area contributed by atoms with Crippen molar-refractivity contribution < 1.29 is 4.79 Å². The number of aromatic nitrogens is 4. The van der Waals surface area contributed by atoms with Crippen molar-refractivity contribution in [3.63, 3.8) is 0 Å². The molecule has 0 radical (unpaired) electrons. The quantitative estimate of drug-likeness (QED) is 0.508. The van der Waals surface area contributed by atoms with Gasteiger partial charge in [0.15, 0.2) is 10.8 Å². The lowest BCUT2D eigenvalue weighted by molar-refractivity contribution is 0.102. The lowest BCUT2D eigenvalue weighted by atomic mass is 10.1. The van der Waals surface area contributed by atoms with Crippen molar-refractivity contribution in [1.29, 1.82) is 0 Å². The van der Waals surface area contributed by atoms with E-state index < -0.39 is 0 Å². The molecule has 3 heterocycles. The molecule has 4 rings (SSSR count). The molecule has 136 valence electrons. The third-order valence-corrected chi connectivity index (χ3v) is 5.61. The van der Waals surface area contributed by atoms with Gasteiger partial charge < -0.3 is 0 Å². The van der Waals surface area contributed by atoms with Crippen LogP contribution in [0.15, 0.2) is 47.3 Å². The van der Waals surface area contributed by atoms with Crippen LogP contribution < -0.4 is 5.32 Å². The highest BCUT2D eigenvalue weighted by molar-refractivity contribution is 9.10. The maximum absolute atomic E-state index is 12.6. The van der Waals surface area contributed by atoms with Gasteiger partial charge in [-0.3, -0.25) is 10.1 Å². The number of hydrogen-bond acceptors (Lipinski definition) is 5. The topological polar surface area (TPSA) is 72.2 Å². The fourth-order valence-corrected chi connectivity index (χ4v) is 4.12. The standard InChI is InChI=1S/C19H16BrN5OS/c1-11-4-3-5-13(6-11)7-16-12(2)23-19(27-16)24-18(26)15-9-22-25-10-14(20)8-21-17(15)25/h3-6,8-10H,7H2,1-2H3,(H,23,24,26). The zero-order chi connectivity index (χ0) is 19.0. The van der Waals surface area contributed by atoms with Crippen LogP contribution in [0.4, 0.5) is 5.13 Å². The average Bonchev–Trinajstić information content (AvgIpc) is 3.18. The highest BCUT2D eigenvalue weighted by atomic mass is 79.9. The van der Waals surface area contributed by atoms with Gasteiger partial charge in [0, 0.05) is 23.7 Å². The van der Waals surface area contributed by atoms with Crippen molar-refractivity contribution in [2.45, 2.75) is 20.3 Å². The van der Waals surface area contributed by atoms with Gasteiger partial charge in [-0.2, -0.15) is 5.10 Å². The Morgan fingerprint density at radius 2 is 2.15 bits per heavy atom. The van der Waals surface area contributed by atoms with Crippen LogP contribution in [0.3, 0.4) is 0 Å². The zero-order valence-electron chi connectivity index (χ0n) is 14.7. The minimum Gasteiger partial charge on any atom is -0.298 e. The Labute approximate surface area is 168 Å². The first-order valence-corrected chi connectivity index (χ1v) is 9.92. The summed E-state index contributed by atoms with van der Waals surface area (Å²) < 4.78 is 2.36. The number of nitrogens with one attached hydrogen (secondary N) is 1. The number of nitrogens with zero attached hydrogens (tertiary/aromatic N) is 4. The van der Waals surface area contributed by atoms with E-state index >= 15 is 0 Å². The smallest absolute Gasteiger partial charge is 0.262 e. The second-order valence-corrected chi connectivity index (χ2v) is 8.25. The van der Waals surface area contributed by atoms with E-state index in [0.717, 1.165) is 21.5 Å². The van der Waals surface area contributed by atoms with Gasteiger partial charge >= 0.3 is 0 Å². The van der Waals surface area contributed by atoms with Crippen molar-refractivity contribution in [2.24, 2.45) is 0 Å². The minimum absolute atomic E-state index is 0.268. The summed E-state index contributed by atoms with van der Waals surface area (Å²) in [7, 11) is 0. The van der Waals surface area contributed by atoms with Crippen molar-refractivity contribution in [3.05, 3.63) is 74.6 Å². The molecular weight excluding hydrogens is 426 g/mol. The lowest BCUT2D eigenvalue weighted by Gasteiger charge is -2.01. The SMILES string of the molecule is Cc1cccc(Cc2sc(NC(=O)c3cnn4cc(Br)cnc34)nc2C)c1. The predicted molar refractivity (Wildman–Crippen MR) is 109 cm³/mol. The molecule has 0 fully saturated rings. The van der Waals surface area contributed by atoms with Gasteiger partial charge in [0.05, 0.1) is 16.4 Å². The molecular formula is C19H16BrN5OS. The number of carbonyl (C=O) groups is 1. The number of aryl methyl sites for hydroxylation is 2. The summed E-state index contributed by atoms with van der Waals surface area (Å²) in [6, 6.07) is 8.41. The molecule has 0 aliphatic heterocycles. The second kappa shape index (κ2) is 7.21. The number of fused-ring (bicyclic) bond motifs is 1. The van der Waals surface area contributed by atoms with Crippen LogP contribution in [0.5, 0.6) is 0 Å². The Bertz CT molecular complexity index is 1150. The second-order valence-electron chi connectivity index (χ2n) is 6.25. The van der Waals surface area contributed by atoms with Crippen LogP contribution in [0.2, 0.25) is 0 Å². The summed E-state index contributed by atoms with van der Waals surface area (Å²) >= 11 is 4.84. The normalized spacial score (nSPS) is 11.1. The summed E-state index contributed by atoms with van der Waals surface area (Å²) in [6.07, 6.45) is 5.71. The van der Waals surface area contributed by atoms with E-state index in [1.807, 2.05) is 6.92 Å². The maximum atomic E-state index is 12.6. The third kappa shape index (κ3) is 3.77. The van der Waals surface area contributed by atoms with Gasteiger partial charge in [-0.05, 0) is 35.3 Å². The van der Waals surface area contributed by atoms with Gasteiger partial charge in [0.1, 0.15) is 5.56 Å². The molecule has 0 saturated carbocycles. The largest absolute Gasteiger partial charge is 0.298 e. The van der Waals surface area contributed by atoms with E-state index in [1.165, 1.54) is 28.7 Å². The van der Waals surface area contributed by atoms with Crippen LogP contribution in [-0.2, 0) is 6.42 Å². The first-order valence-electron chi connectivity index (χ1n) is 8.31. The van der Waals surface area contributed by atoms with E-state index in [2.05, 4.69) is 67.5 Å². The minimum atomic E-state index is -0.268. The van der Waals surface area contributed by atoms with E-state index in [9.17, 15) is 4.79 Å². The highest BCUT2D eigenvalue weighted by Gasteiger charge is 2.17. The first-order chi connectivity index (χ1) is 13.0. The number of benzene rings is 1. The van der Waals surface area contributed by atoms with E-state index in [-0.39, 0.29) is 5.91 Å². The molecule has 1 aromatic carbocycles. The fraction of sp³-hybridized carbons (Fsp3) is 0.158. The van der Waals surface area contributed by atoms with Crippen LogP contribution >= 0.6 is 27.3 Å². The van der Waals surface area contributed by atoms with Crippen molar-refractivity contribution in [2.75, 3.05) is 5.32 Å². The van der Waals surface area contributed by atoms with Gasteiger partial charge in [-0.1, -0.05) is 29.8 Å². The van der Waals surface area contributed by atoms with E-state index in [1.54, 1.807) is 16.9 Å². The summed E-state index contributed by atoms with van der Waals surface area (Å²) in [5.41, 5.74) is 4.31. The zero-order valence-corrected chi connectivity index (χ0v) is 17.1. The van der Waals surface area contributed by atoms with Crippen molar-refractivity contribution in [1.82, 2.24) is 19.6 Å². The number of anilines is 1. The number of thiazole rings is 1. The van der Waals surface area contributed by atoms with E-state index in [4.69, 9.17) is 0 Å². The first kappa shape index (κ1) is 17.8. The Balaban J connectivity index is 1.55. The summed E-state index contributed by atoms with van der Waals surface area (Å²) in [5, 5.41) is 7.63. The molecule has 0 spiro atoms. The molecule has 4 aromatic rings. The van der Waals surface area contributed by atoms with Crippen molar-refractivity contribution in [3.8, 4) is 0 Å². The average molecular weight is 442 g/mol. The molecule has 0 bridgehead atoms. The Morgan fingerprint density at radius 1 is 1.30 bits per heavy atom. The summed E-state index contributed by atoms with van der Waals surface area (Å²) in [6.45, 7) is 4.04. The Kier molecular flexibility index (Phi) is 4.75. The Morgan fingerprint density at radius 3 is 2.96 bits per heavy atom. The number of hydrogen-bond donors (Lipinski definition) is 1. The predicted octanol–water partition coefficient (Wildman–Crippen LogP) is 4.41. The number of rotatable bonds is 4.